The minimum absolute atomic E-state index is 0.374. The fraction of sp³-hybridized carbons (Fsp3) is 0. The highest BCUT2D eigenvalue weighted by atomic mass is 16.3. The van der Waals surface area contributed by atoms with E-state index in [-0.39, 0.29) is 0 Å². The molecule has 0 radical (unpaired) electrons. The molecule has 0 saturated heterocycles. The van der Waals surface area contributed by atoms with Gasteiger partial charge in [0.25, 0.3) is 0 Å². The molecule has 0 bridgehead atoms. The molecule has 2 aromatic rings. The van der Waals surface area contributed by atoms with Crippen molar-refractivity contribution >= 4 is 16.7 Å². The smallest absolute Gasteiger partial charge is 0.175 e. The van der Waals surface area contributed by atoms with Crippen LogP contribution in [0.2, 0.25) is 0 Å². The van der Waals surface area contributed by atoms with E-state index in [0.717, 1.165) is 10.9 Å². The molecule has 10 heavy (non-hydrogen) atoms. The molecule has 0 fully saturated rings. The normalized spacial score (nSPS) is 10.4. The van der Waals surface area contributed by atoms with Gasteiger partial charge in [0.05, 0.1) is 5.52 Å². The molecule has 0 spiro atoms. The van der Waals surface area contributed by atoms with Crippen LogP contribution in [0.5, 0.6) is 0 Å². The highest BCUT2D eigenvalue weighted by Crippen LogP contribution is 2.19. The quantitative estimate of drug-likeness (QED) is 0.576. The molecule has 0 amide bonds. The Morgan fingerprint density at radius 1 is 1.40 bits per heavy atom. The lowest BCUT2D eigenvalue weighted by atomic mass is 10.4. The predicted octanol–water partition coefficient (Wildman–Crippen LogP) is 1.89. The van der Waals surface area contributed by atoms with E-state index in [0.29, 0.717) is 5.82 Å². The summed E-state index contributed by atoms with van der Waals surface area (Å²) in [5.41, 5.74) is 0.912. The summed E-state index contributed by atoms with van der Waals surface area (Å²) in [5, 5.41) is 3.74. The van der Waals surface area contributed by atoms with E-state index in [4.69, 9.17) is 0 Å². The summed E-state index contributed by atoms with van der Waals surface area (Å²) >= 11 is 0. The van der Waals surface area contributed by atoms with Gasteiger partial charge in [0.2, 0.25) is 0 Å². The molecule has 0 atom stereocenters. The van der Waals surface area contributed by atoms with Crippen LogP contribution in [0, 0.1) is 4.91 Å². The number of hydrogen-bond acceptors (Lipinski definition) is 2. The van der Waals surface area contributed by atoms with Crippen molar-refractivity contribution < 1.29 is 0 Å². The molecule has 0 saturated carbocycles. The maximum atomic E-state index is 9.98. The van der Waals surface area contributed by atoms with Gasteiger partial charge in [-0.05, 0) is 11.2 Å². The summed E-state index contributed by atoms with van der Waals surface area (Å²) in [6, 6.07) is 1.69. The Morgan fingerprint density at radius 3 is 3.00 bits per heavy atom. The van der Waals surface area contributed by atoms with Crippen molar-refractivity contribution in [1.82, 2.24) is 9.97 Å². The van der Waals surface area contributed by atoms with Crippen molar-refractivity contribution in [2.24, 2.45) is 5.18 Å². The fourth-order valence-corrected chi connectivity index (χ4v) is 0.974. The van der Waals surface area contributed by atoms with Gasteiger partial charge in [-0.3, -0.25) is 0 Å². The zero-order valence-electron chi connectivity index (χ0n) is 5.09. The van der Waals surface area contributed by atoms with Crippen molar-refractivity contribution in [2.45, 2.75) is 0 Å². The van der Waals surface area contributed by atoms with Crippen LogP contribution in [0.15, 0.2) is 23.6 Å². The van der Waals surface area contributed by atoms with Crippen LogP contribution in [0.3, 0.4) is 0 Å². The van der Waals surface area contributed by atoms with Crippen molar-refractivity contribution in [3.8, 4) is 0 Å². The van der Waals surface area contributed by atoms with Crippen LogP contribution in [0.25, 0.3) is 10.9 Å². The van der Waals surface area contributed by atoms with Crippen molar-refractivity contribution in [3.05, 3.63) is 23.4 Å². The minimum Gasteiger partial charge on any atom is -0.365 e. The van der Waals surface area contributed by atoms with E-state index >= 15 is 0 Å². The first-order chi connectivity index (χ1) is 4.90. The van der Waals surface area contributed by atoms with Crippen LogP contribution in [0.4, 0.5) is 5.82 Å². The lowest BCUT2D eigenvalue weighted by molar-refractivity contribution is 1.34. The maximum absolute atomic E-state index is 9.98. The second kappa shape index (κ2) is 1.70. The van der Waals surface area contributed by atoms with E-state index in [1.165, 1.54) is 0 Å². The standard InChI is InChI=1S/C6H5N3O/c10-9-6-1-4-2-7-3-5(4)8-6/h1-3,7-8H. The van der Waals surface area contributed by atoms with Gasteiger partial charge in [-0.15, -0.1) is 4.91 Å². The third-order valence-corrected chi connectivity index (χ3v) is 1.43. The van der Waals surface area contributed by atoms with Crippen LogP contribution in [0.1, 0.15) is 0 Å². The van der Waals surface area contributed by atoms with Gasteiger partial charge >= 0.3 is 0 Å². The Kier molecular flexibility index (Phi) is 0.887. The zero-order chi connectivity index (χ0) is 6.97. The Labute approximate surface area is 56.2 Å². The number of fused-ring (bicyclic) bond motifs is 1. The van der Waals surface area contributed by atoms with Gasteiger partial charge in [0.1, 0.15) is 0 Å². The molecule has 0 aliphatic carbocycles. The summed E-state index contributed by atoms with van der Waals surface area (Å²) in [6.07, 6.45) is 3.59. The molecule has 2 aromatic heterocycles. The predicted molar refractivity (Wildman–Crippen MR) is 38.1 cm³/mol. The van der Waals surface area contributed by atoms with Gasteiger partial charge in [0.15, 0.2) is 5.82 Å². The summed E-state index contributed by atoms with van der Waals surface area (Å²) < 4.78 is 0. The van der Waals surface area contributed by atoms with Crippen LogP contribution < -0.4 is 0 Å². The second-order valence-corrected chi connectivity index (χ2v) is 2.07. The largest absolute Gasteiger partial charge is 0.365 e. The second-order valence-electron chi connectivity index (χ2n) is 2.07. The molecular formula is C6H5N3O. The summed E-state index contributed by atoms with van der Waals surface area (Å²) in [7, 11) is 0. The van der Waals surface area contributed by atoms with E-state index in [2.05, 4.69) is 15.1 Å². The van der Waals surface area contributed by atoms with Crippen molar-refractivity contribution in [3.63, 3.8) is 0 Å². The first-order valence-corrected chi connectivity index (χ1v) is 2.89. The highest BCUT2D eigenvalue weighted by Gasteiger charge is 1.98. The Bertz CT molecular complexity index is 331. The molecule has 0 aliphatic rings. The average Bonchev–Trinajstić information content (AvgIpc) is 2.42. The topological polar surface area (TPSA) is 61.0 Å². The SMILES string of the molecule is O=Nc1cc2c[nH]cc2[nH]1. The number of hydrogen-bond donors (Lipinski definition) is 2. The molecular weight excluding hydrogens is 130 g/mol. The fourth-order valence-electron chi connectivity index (χ4n) is 0.974. The number of nitrogens with zero attached hydrogens (tertiary/aromatic N) is 1. The van der Waals surface area contributed by atoms with Crippen molar-refractivity contribution in [2.75, 3.05) is 0 Å². The third-order valence-electron chi connectivity index (χ3n) is 1.43. The first-order valence-electron chi connectivity index (χ1n) is 2.89. The Balaban J connectivity index is 2.78. The van der Waals surface area contributed by atoms with Gasteiger partial charge in [-0.25, -0.2) is 0 Å². The monoisotopic (exact) mass is 135 g/mol. The molecule has 50 valence electrons. The first kappa shape index (κ1) is 5.22. The number of H-pyrrole nitrogens is 2. The molecule has 0 unspecified atom stereocenters. The number of nitroso groups, excluding NO2 is 1. The zero-order valence-corrected chi connectivity index (χ0v) is 5.09. The van der Waals surface area contributed by atoms with Gasteiger partial charge < -0.3 is 9.97 Å². The minimum atomic E-state index is 0.374. The number of rotatable bonds is 1. The van der Waals surface area contributed by atoms with Crippen LogP contribution >= 0.6 is 0 Å². The third kappa shape index (κ3) is 0.556. The van der Waals surface area contributed by atoms with Gasteiger partial charge in [-0.2, -0.15) is 0 Å². The summed E-state index contributed by atoms with van der Waals surface area (Å²) in [4.78, 5) is 15.7. The van der Waals surface area contributed by atoms with Crippen molar-refractivity contribution in [1.29, 1.82) is 0 Å². The summed E-state index contributed by atoms with van der Waals surface area (Å²) in [6.45, 7) is 0. The number of aromatic nitrogens is 2. The molecule has 2 heterocycles. The lowest BCUT2D eigenvalue weighted by Gasteiger charge is -1.73. The highest BCUT2D eigenvalue weighted by molar-refractivity contribution is 5.82. The van der Waals surface area contributed by atoms with E-state index in [9.17, 15) is 4.91 Å². The molecule has 2 N–H and O–H groups in total. The van der Waals surface area contributed by atoms with E-state index < -0.39 is 0 Å². The molecule has 0 aliphatic heterocycles. The van der Waals surface area contributed by atoms with Gasteiger partial charge in [-0.1, -0.05) is 0 Å². The van der Waals surface area contributed by atoms with Crippen LogP contribution in [-0.2, 0) is 0 Å². The van der Waals surface area contributed by atoms with E-state index in [1.54, 1.807) is 18.5 Å². The molecule has 2 rings (SSSR count). The van der Waals surface area contributed by atoms with Crippen LogP contribution in [-0.4, -0.2) is 9.97 Å². The molecule has 4 heteroatoms. The molecule has 0 aromatic carbocycles. The van der Waals surface area contributed by atoms with Gasteiger partial charge in [0, 0.05) is 17.8 Å². The summed E-state index contributed by atoms with van der Waals surface area (Å²) in [5.74, 6) is 0.374. The lowest BCUT2D eigenvalue weighted by Crippen LogP contribution is -1.58. The average molecular weight is 135 g/mol. The maximum Gasteiger partial charge on any atom is 0.175 e. The number of aromatic amines is 2. The number of nitrogens with one attached hydrogen (secondary N) is 2. The van der Waals surface area contributed by atoms with E-state index in [1.807, 2.05) is 0 Å². The Morgan fingerprint density at radius 2 is 2.30 bits per heavy atom. The molecule has 4 nitrogen and oxygen atoms in total. The Hall–Kier alpha value is -1.58.